The molecular formula is C33H44F3N3O7S. The third-order valence-corrected chi connectivity index (χ3v) is 9.10. The number of likely N-dealkylation sites (tertiary alicyclic amines) is 1. The highest BCUT2D eigenvalue weighted by molar-refractivity contribution is 7.89. The lowest BCUT2D eigenvalue weighted by molar-refractivity contribution is 0.0211. The molecule has 47 heavy (non-hydrogen) atoms. The van der Waals surface area contributed by atoms with Gasteiger partial charge in [0, 0.05) is 30.1 Å². The van der Waals surface area contributed by atoms with Gasteiger partial charge in [0.05, 0.1) is 18.6 Å². The van der Waals surface area contributed by atoms with Crippen LogP contribution in [0.2, 0.25) is 0 Å². The zero-order valence-electron chi connectivity index (χ0n) is 27.8. The second-order valence-electron chi connectivity index (χ2n) is 14.2. The fourth-order valence-electron chi connectivity index (χ4n) is 5.66. The van der Waals surface area contributed by atoms with Crippen LogP contribution in [0.3, 0.4) is 0 Å². The summed E-state index contributed by atoms with van der Waals surface area (Å²) in [6, 6.07) is 9.42. The standard InChI is InChI=1S/C33H44F3N3O7S/c1-31(2,3)45-29(40)38(7)17-18-44-25-14-9-8-12-22(25)23-13-10-11-21(26(23)34)19-24-27(37-47(42,43)28(35)36)33(15-16-33)20-39(24)30(41)46-32(4,5)6/h8-14,24,27-28,37H,15-20H2,1-7H3/t24-,27+/m0/s1. The normalized spacial score (nSPS) is 19.2. The smallest absolute Gasteiger partial charge is 0.410 e. The third kappa shape index (κ3) is 8.89. The first kappa shape index (κ1) is 36.3. The number of halogens is 3. The molecule has 10 nitrogen and oxygen atoms in total. The highest BCUT2D eigenvalue weighted by Gasteiger charge is 2.62. The number of nitrogens with zero attached hydrogens (tertiary/aromatic N) is 2. The van der Waals surface area contributed by atoms with Crippen molar-refractivity contribution in [3.8, 4) is 16.9 Å². The minimum atomic E-state index is -5.02. The van der Waals surface area contributed by atoms with E-state index in [-0.39, 0.29) is 37.2 Å². The molecule has 2 fully saturated rings. The predicted molar refractivity (Wildman–Crippen MR) is 170 cm³/mol. The van der Waals surface area contributed by atoms with E-state index < -0.39 is 62.5 Å². The Bertz CT molecular complexity index is 1570. The maximum atomic E-state index is 16.4. The van der Waals surface area contributed by atoms with Crippen molar-refractivity contribution in [3.05, 3.63) is 53.8 Å². The molecule has 14 heteroatoms. The van der Waals surface area contributed by atoms with Crippen molar-refractivity contribution in [1.29, 1.82) is 0 Å². The fourth-order valence-corrected chi connectivity index (χ4v) is 6.53. The number of amides is 2. The van der Waals surface area contributed by atoms with Crippen molar-refractivity contribution < 1.29 is 45.4 Å². The summed E-state index contributed by atoms with van der Waals surface area (Å²) >= 11 is 0. The zero-order chi connectivity index (χ0) is 34.9. The third-order valence-electron chi connectivity index (χ3n) is 8.05. The van der Waals surface area contributed by atoms with Crippen molar-refractivity contribution in [2.24, 2.45) is 5.41 Å². The number of benzene rings is 2. The topological polar surface area (TPSA) is 114 Å². The molecule has 2 aromatic carbocycles. The number of hydrogen-bond donors (Lipinski definition) is 1. The zero-order valence-corrected chi connectivity index (χ0v) is 28.6. The first-order valence-electron chi connectivity index (χ1n) is 15.5. The molecule has 0 aromatic heterocycles. The maximum absolute atomic E-state index is 16.4. The van der Waals surface area contributed by atoms with Gasteiger partial charge in [-0.3, -0.25) is 0 Å². The minimum Gasteiger partial charge on any atom is -0.491 e. The first-order chi connectivity index (χ1) is 21.7. The average molecular weight is 684 g/mol. The van der Waals surface area contributed by atoms with Gasteiger partial charge in [0.2, 0.25) is 0 Å². The minimum absolute atomic E-state index is 0.0821. The second kappa shape index (κ2) is 13.5. The van der Waals surface area contributed by atoms with E-state index in [1.165, 1.54) is 15.9 Å². The van der Waals surface area contributed by atoms with Gasteiger partial charge in [-0.15, -0.1) is 0 Å². The lowest BCUT2D eigenvalue weighted by Crippen LogP contribution is -2.51. The number of sulfonamides is 1. The molecule has 1 saturated heterocycles. The molecule has 1 N–H and O–H groups in total. The van der Waals surface area contributed by atoms with E-state index >= 15 is 4.39 Å². The highest BCUT2D eigenvalue weighted by Crippen LogP contribution is 2.56. The van der Waals surface area contributed by atoms with E-state index in [0.29, 0.717) is 24.2 Å². The maximum Gasteiger partial charge on any atom is 0.410 e. The van der Waals surface area contributed by atoms with Gasteiger partial charge in [0.25, 0.3) is 10.0 Å². The number of rotatable bonds is 10. The second-order valence-corrected chi connectivity index (χ2v) is 15.9. The van der Waals surface area contributed by atoms with Crippen LogP contribution < -0.4 is 9.46 Å². The van der Waals surface area contributed by atoms with Crippen molar-refractivity contribution >= 4 is 22.2 Å². The SMILES string of the molecule is CN(CCOc1ccccc1-c1cccc(C[C@H]2[C@@H](NS(=O)(=O)C(F)F)C3(CC3)CN2C(=O)OC(C)(C)C)c1F)C(=O)OC(C)(C)C. The van der Waals surface area contributed by atoms with Gasteiger partial charge >= 0.3 is 17.9 Å². The number of carbonyl (C=O) groups is 2. The summed E-state index contributed by atoms with van der Waals surface area (Å²) < 4.78 is 87.2. The van der Waals surface area contributed by atoms with Gasteiger partial charge in [0.1, 0.15) is 29.4 Å². The van der Waals surface area contributed by atoms with E-state index in [1.807, 2.05) is 0 Å². The Labute approximate surface area is 274 Å². The van der Waals surface area contributed by atoms with Gasteiger partial charge in [-0.25, -0.2) is 27.1 Å². The van der Waals surface area contributed by atoms with E-state index in [4.69, 9.17) is 14.2 Å². The summed E-state index contributed by atoms with van der Waals surface area (Å²) in [6.07, 6.45) is -0.395. The van der Waals surface area contributed by atoms with Crippen molar-refractivity contribution in [3.63, 3.8) is 0 Å². The Balaban J connectivity index is 1.61. The molecule has 260 valence electrons. The van der Waals surface area contributed by atoms with Gasteiger partial charge < -0.3 is 24.0 Å². The van der Waals surface area contributed by atoms with Crippen molar-refractivity contribution in [2.75, 3.05) is 26.7 Å². The molecule has 0 radical (unpaired) electrons. The summed E-state index contributed by atoms with van der Waals surface area (Å²) in [5, 5.41) is 0. The van der Waals surface area contributed by atoms with E-state index in [2.05, 4.69) is 4.72 Å². The molecule has 0 bridgehead atoms. The van der Waals surface area contributed by atoms with Crippen LogP contribution in [0.4, 0.5) is 22.8 Å². The lowest BCUT2D eigenvalue weighted by Gasteiger charge is -2.31. The molecule has 2 aliphatic rings. The van der Waals surface area contributed by atoms with E-state index in [1.54, 1.807) is 85.0 Å². The Hall–Kier alpha value is -3.52. The number of hydrogen-bond acceptors (Lipinski definition) is 7. The van der Waals surface area contributed by atoms with Crippen LogP contribution in [0, 0.1) is 11.2 Å². The summed E-state index contributed by atoms with van der Waals surface area (Å²) in [6.45, 7) is 10.7. The summed E-state index contributed by atoms with van der Waals surface area (Å²) in [5.74, 6) is -3.95. The van der Waals surface area contributed by atoms with Crippen LogP contribution in [-0.2, 0) is 25.9 Å². The fraction of sp³-hybridized carbons (Fsp3) is 0.576. The lowest BCUT2D eigenvalue weighted by atomic mass is 9.91. The summed E-state index contributed by atoms with van der Waals surface area (Å²) in [5.41, 5.74) is -1.53. The molecule has 1 aliphatic carbocycles. The molecule has 1 spiro atoms. The number of alkyl halides is 2. The quantitative estimate of drug-likeness (QED) is 0.318. The molecular weight excluding hydrogens is 639 g/mol. The molecule has 1 saturated carbocycles. The van der Waals surface area contributed by atoms with E-state index in [9.17, 15) is 26.8 Å². The van der Waals surface area contributed by atoms with E-state index in [0.717, 1.165) is 0 Å². The molecule has 0 unspecified atom stereocenters. The van der Waals surface area contributed by atoms with Crippen LogP contribution in [0.5, 0.6) is 5.75 Å². The number of ether oxygens (including phenoxy) is 3. The van der Waals surface area contributed by atoms with Crippen molar-refractivity contribution in [1.82, 2.24) is 14.5 Å². The van der Waals surface area contributed by atoms with Crippen molar-refractivity contribution in [2.45, 2.75) is 89.8 Å². The molecule has 1 aliphatic heterocycles. The van der Waals surface area contributed by atoms with Crippen LogP contribution in [-0.4, -0.2) is 86.2 Å². The van der Waals surface area contributed by atoms with Crippen LogP contribution >= 0.6 is 0 Å². The summed E-state index contributed by atoms with van der Waals surface area (Å²) in [4.78, 5) is 28.4. The molecule has 2 aromatic rings. The predicted octanol–water partition coefficient (Wildman–Crippen LogP) is 6.19. The highest BCUT2D eigenvalue weighted by atomic mass is 32.2. The Morgan fingerprint density at radius 2 is 1.62 bits per heavy atom. The number of carbonyl (C=O) groups excluding carboxylic acids is 2. The average Bonchev–Trinajstić information content (AvgIpc) is 3.67. The van der Waals surface area contributed by atoms with Gasteiger partial charge in [0.15, 0.2) is 0 Å². The van der Waals surface area contributed by atoms with Crippen LogP contribution in [0.1, 0.15) is 59.9 Å². The van der Waals surface area contributed by atoms with Gasteiger partial charge in [-0.05, 0) is 72.4 Å². The van der Waals surface area contributed by atoms with Crippen LogP contribution in [0.15, 0.2) is 42.5 Å². The Morgan fingerprint density at radius 3 is 2.21 bits per heavy atom. The number of nitrogens with one attached hydrogen (secondary N) is 1. The molecule has 2 atom stereocenters. The monoisotopic (exact) mass is 683 g/mol. The van der Waals surface area contributed by atoms with Gasteiger partial charge in [-0.2, -0.15) is 8.78 Å². The van der Waals surface area contributed by atoms with Gasteiger partial charge in [-0.1, -0.05) is 36.4 Å². The number of likely N-dealkylation sites (N-methyl/N-ethyl adjacent to an activating group) is 1. The van der Waals surface area contributed by atoms with Crippen LogP contribution in [0.25, 0.3) is 11.1 Å². The largest absolute Gasteiger partial charge is 0.491 e. The molecule has 1 heterocycles. The first-order valence-corrected chi connectivity index (χ1v) is 17.0. The molecule has 2 amide bonds. The Kier molecular flexibility index (Phi) is 10.5. The molecule has 4 rings (SSSR count). The summed E-state index contributed by atoms with van der Waals surface area (Å²) in [7, 11) is -3.44. The Morgan fingerprint density at radius 1 is 1.00 bits per heavy atom. The number of para-hydroxylation sites is 1.